The lowest BCUT2D eigenvalue weighted by atomic mass is 9.94. The summed E-state index contributed by atoms with van der Waals surface area (Å²) in [6, 6.07) is 61.6. The molecule has 0 aliphatic rings. The van der Waals surface area contributed by atoms with Gasteiger partial charge in [0.1, 0.15) is 11.2 Å². The Morgan fingerprint density at radius 2 is 0.849 bits per heavy atom. The van der Waals surface area contributed by atoms with E-state index in [-0.39, 0.29) is 0 Å². The molecular weight excluding hydrogens is 647 g/mol. The zero-order chi connectivity index (χ0) is 34.9. The van der Waals surface area contributed by atoms with E-state index in [1.807, 2.05) is 18.2 Å². The molecule has 9 aromatic carbocycles. The van der Waals surface area contributed by atoms with E-state index >= 15 is 0 Å². The minimum atomic E-state index is 0.600. The molecule has 0 aliphatic carbocycles. The third-order valence-corrected chi connectivity index (χ3v) is 10.5. The Balaban J connectivity index is 1.18. The van der Waals surface area contributed by atoms with Crippen LogP contribution in [0.15, 0.2) is 180 Å². The molecule has 0 aliphatic heterocycles. The number of fused-ring (bicyclic) bond motifs is 10. The Morgan fingerprint density at radius 1 is 0.321 bits per heavy atom. The van der Waals surface area contributed by atoms with Crippen LogP contribution in [0.1, 0.15) is 0 Å². The second-order valence-electron chi connectivity index (χ2n) is 13.6. The van der Waals surface area contributed by atoms with Gasteiger partial charge < -0.3 is 4.42 Å². The minimum Gasteiger partial charge on any atom is -0.455 e. The predicted octanol–water partition coefficient (Wildman–Crippen LogP) is 13.1. The van der Waals surface area contributed by atoms with Crippen molar-refractivity contribution in [1.29, 1.82) is 0 Å². The molecule has 53 heavy (non-hydrogen) atoms. The molecule has 0 amide bonds. The van der Waals surface area contributed by atoms with Crippen molar-refractivity contribution in [2.45, 2.75) is 0 Å². The average molecular weight is 676 g/mol. The third-order valence-electron chi connectivity index (χ3n) is 10.5. The van der Waals surface area contributed by atoms with Gasteiger partial charge in [-0.05, 0) is 67.0 Å². The van der Waals surface area contributed by atoms with Crippen molar-refractivity contribution >= 4 is 65.0 Å². The second-order valence-corrected chi connectivity index (χ2v) is 13.6. The quantitative estimate of drug-likeness (QED) is 0.174. The highest BCUT2D eigenvalue weighted by molar-refractivity contribution is 6.30. The molecule has 2 heterocycles. The van der Waals surface area contributed by atoms with Gasteiger partial charge in [-0.2, -0.15) is 0 Å². The molecule has 0 saturated carbocycles. The fraction of sp³-hybridized carbons (Fsp3) is 0. The normalized spacial score (nSPS) is 11.8. The number of nitrogens with zero attached hydrogens (tertiary/aromatic N) is 3. The van der Waals surface area contributed by atoms with Crippen molar-refractivity contribution in [1.82, 2.24) is 15.0 Å². The standard InChI is InChI=1S/C49H29N3O/c1-2-13-34(14-3-1)47-50-48(35-22-18-31(19-23-35)37-24-20-30-10-4-5-15-36(30)28-37)52-49(51-47)41-29-38-25-21-32-11-6-8-16-39(32)43(38)46-45(41)44-40-17-9-7-12-33(40)26-27-42(44)53-46/h1-29H. The lowest BCUT2D eigenvalue weighted by Gasteiger charge is -2.12. The lowest BCUT2D eigenvalue weighted by Crippen LogP contribution is -2.00. The molecule has 2 aromatic heterocycles. The molecular formula is C49H29N3O. The molecule has 0 radical (unpaired) electrons. The van der Waals surface area contributed by atoms with E-state index in [0.717, 1.165) is 71.1 Å². The number of furan rings is 1. The van der Waals surface area contributed by atoms with E-state index in [0.29, 0.717) is 17.5 Å². The van der Waals surface area contributed by atoms with Crippen LogP contribution in [0.25, 0.3) is 110 Å². The maximum absolute atomic E-state index is 6.88. The van der Waals surface area contributed by atoms with Crippen LogP contribution in [0.4, 0.5) is 0 Å². The molecule has 0 atom stereocenters. The average Bonchev–Trinajstić information content (AvgIpc) is 3.64. The van der Waals surface area contributed by atoms with E-state index in [9.17, 15) is 0 Å². The number of hydrogen-bond donors (Lipinski definition) is 0. The van der Waals surface area contributed by atoms with Gasteiger partial charge >= 0.3 is 0 Å². The van der Waals surface area contributed by atoms with Crippen LogP contribution < -0.4 is 0 Å². The van der Waals surface area contributed by atoms with Crippen molar-refractivity contribution in [3.8, 4) is 45.3 Å². The van der Waals surface area contributed by atoms with Gasteiger partial charge in [0.25, 0.3) is 0 Å². The van der Waals surface area contributed by atoms with Crippen LogP contribution in [0.3, 0.4) is 0 Å². The van der Waals surface area contributed by atoms with E-state index in [2.05, 4.69) is 158 Å². The van der Waals surface area contributed by atoms with Gasteiger partial charge in [-0.15, -0.1) is 0 Å². The number of hydrogen-bond acceptors (Lipinski definition) is 4. The molecule has 11 rings (SSSR count). The van der Waals surface area contributed by atoms with Crippen LogP contribution in [0.2, 0.25) is 0 Å². The molecule has 0 N–H and O–H groups in total. The first-order valence-corrected chi connectivity index (χ1v) is 17.9. The molecule has 0 spiro atoms. The third kappa shape index (κ3) is 4.80. The Labute approximate surface area is 304 Å². The number of benzene rings is 9. The lowest BCUT2D eigenvalue weighted by molar-refractivity contribution is 0.673. The van der Waals surface area contributed by atoms with Crippen LogP contribution in [0, 0.1) is 0 Å². The zero-order valence-corrected chi connectivity index (χ0v) is 28.5. The van der Waals surface area contributed by atoms with E-state index < -0.39 is 0 Å². The Hall–Kier alpha value is -7.17. The number of rotatable bonds is 4. The van der Waals surface area contributed by atoms with Crippen LogP contribution in [0.5, 0.6) is 0 Å². The van der Waals surface area contributed by atoms with Crippen LogP contribution >= 0.6 is 0 Å². The van der Waals surface area contributed by atoms with Gasteiger partial charge in [0, 0.05) is 32.8 Å². The topological polar surface area (TPSA) is 51.8 Å². The van der Waals surface area contributed by atoms with Gasteiger partial charge in [0.15, 0.2) is 17.5 Å². The first-order valence-electron chi connectivity index (χ1n) is 17.9. The van der Waals surface area contributed by atoms with Crippen molar-refractivity contribution in [3.63, 3.8) is 0 Å². The van der Waals surface area contributed by atoms with Crippen LogP contribution in [-0.2, 0) is 0 Å². The highest BCUT2D eigenvalue weighted by Crippen LogP contribution is 2.45. The fourth-order valence-electron chi connectivity index (χ4n) is 7.89. The summed E-state index contributed by atoms with van der Waals surface area (Å²) in [5.41, 5.74) is 6.73. The van der Waals surface area contributed by atoms with Gasteiger partial charge in [0.05, 0.1) is 0 Å². The maximum Gasteiger partial charge on any atom is 0.164 e. The first kappa shape index (κ1) is 29.5. The molecule has 4 heteroatoms. The molecule has 11 aromatic rings. The van der Waals surface area contributed by atoms with Crippen molar-refractivity contribution in [3.05, 3.63) is 176 Å². The summed E-state index contributed by atoms with van der Waals surface area (Å²) in [5, 5.41) is 11.3. The smallest absolute Gasteiger partial charge is 0.164 e. The number of aromatic nitrogens is 3. The van der Waals surface area contributed by atoms with E-state index in [1.54, 1.807) is 0 Å². The van der Waals surface area contributed by atoms with Gasteiger partial charge in [-0.1, -0.05) is 158 Å². The summed E-state index contributed by atoms with van der Waals surface area (Å²) in [4.78, 5) is 15.6. The van der Waals surface area contributed by atoms with Crippen molar-refractivity contribution in [2.24, 2.45) is 0 Å². The monoisotopic (exact) mass is 675 g/mol. The molecule has 0 bridgehead atoms. The SMILES string of the molecule is c1ccc(-c2nc(-c3ccc(-c4ccc5ccccc5c4)cc3)nc(-c3cc4ccc5ccccc5c4c4oc5ccc6ccccc6c5c34)n2)cc1. The Morgan fingerprint density at radius 3 is 1.60 bits per heavy atom. The Bertz CT molecular complexity index is 3220. The zero-order valence-electron chi connectivity index (χ0n) is 28.5. The van der Waals surface area contributed by atoms with Crippen molar-refractivity contribution in [2.75, 3.05) is 0 Å². The molecule has 0 saturated heterocycles. The summed E-state index contributed by atoms with van der Waals surface area (Å²) in [6.07, 6.45) is 0. The summed E-state index contributed by atoms with van der Waals surface area (Å²) in [7, 11) is 0. The van der Waals surface area contributed by atoms with Crippen LogP contribution in [-0.4, -0.2) is 15.0 Å². The minimum absolute atomic E-state index is 0.600. The van der Waals surface area contributed by atoms with Gasteiger partial charge in [-0.3, -0.25) is 0 Å². The molecule has 0 unspecified atom stereocenters. The second kappa shape index (κ2) is 11.7. The molecule has 4 nitrogen and oxygen atoms in total. The largest absolute Gasteiger partial charge is 0.455 e. The molecule has 246 valence electrons. The van der Waals surface area contributed by atoms with E-state index in [1.165, 1.54) is 21.7 Å². The van der Waals surface area contributed by atoms with Crippen molar-refractivity contribution < 1.29 is 4.42 Å². The molecule has 0 fully saturated rings. The summed E-state index contributed by atoms with van der Waals surface area (Å²) < 4.78 is 6.88. The van der Waals surface area contributed by atoms with Gasteiger partial charge in [-0.25, -0.2) is 15.0 Å². The highest BCUT2D eigenvalue weighted by atomic mass is 16.3. The summed E-state index contributed by atoms with van der Waals surface area (Å²) in [6.45, 7) is 0. The maximum atomic E-state index is 6.88. The van der Waals surface area contributed by atoms with E-state index in [4.69, 9.17) is 19.4 Å². The Kier molecular flexibility index (Phi) is 6.52. The first-order chi connectivity index (χ1) is 26.2. The summed E-state index contributed by atoms with van der Waals surface area (Å²) in [5.74, 6) is 1.83. The highest BCUT2D eigenvalue weighted by Gasteiger charge is 2.22. The summed E-state index contributed by atoms with van der Waals surface area (Å²) >= 11 is 0. The van der Waals surface area contributed by atoms with Gasteiger partial charge in [0.2, 0.25) is 0 Å². The predicted molar refractivity (Wildman–Crippen MR) is 219 cm³/mol. The fourth-order valence-corrected chi connectivity index (χ4v) is 7.89.